The SMILES string of the molecule is [CH2]Cc1cc(Nc2nc3cccnc3s2)nc(N[C@H]2CC[C@H](O)CC2)n1. The van der Waals surface area contributed by atoms with Crippen molar-refractivity contribution >= 4 is 38.6 Å². The molecular formula is C18H21N6OS. The third-order valence-corrected chi connectivity index (χ3v) is 5.36. The molecule has 0 aliphatic heterocycles. The van der Waals surface area contributed by atoms with Crippen LogP contribution in [0.15, 0.2) is 24.4 Å². The Balaban J connectivity index is 1.53. The van der Waals surface area contributed by atoms with Gasteiger partial charge in [-0.25, -0.2) is 15.0 Å². The Kier molecular flexibility index (Phi) is 4.94. The van der Waals surface area contributed by atoms with Crippen molar-refractivity contribution in [1.29, 1.82) is 0 Å². The van der Waals surface area contributed by atoms with Crippen LogP contribution in [0.3, 0.4) is 0 Å². The molecule has 0 unspecified atom stereocenters. The average Bonchev–Trinajstić information content (AvgIpc) is 3.05. The van der Waals surface area contributed by atoms with Crippen LogP contribution in [0.25, 0.3) is 10.3 Å². The number of nitrogens with zero attached hydrogens (tertiary/aromatic N) is 4. The van der Waals surface area contributed by atoms with E-state index in [1.54, 1.807) is 6.20 Å². The fourth-order valence-electron chi connectivity index (χ4n) is 3.09. The average molecular weight is 369 g/mol. The summed E-state index contributed by atoms with van der Waals surface area (Å²) >= 11 is 1.49. The molecule has 0 amide bonds. The summed E-state index contributed by atoms with van der Waals surface area (Å²) in [4.78, 5) is 18.9. The molecule has 3 aromatic heterocycles. The lowest BCUT2D eigenvalue weighted by Gasteiger charge is -2.26. The second-order valence-electron chi connectivity index (χ2n) is 6.44. The summed E-state index contributed by atoms with van der Waals surface area (Å²) in [6.45, 7) is 3.93. The summed E-state index contributed by atoms with van der Waals surface area (Å²) in [6.07, 6.45) is 5.64. The van der Waals surface area contributed by atoms with Gasteiger partial charge in [0.2, 0.25) is 5.95 Å². The van der Waals surface area contributed by atoms with E-state index in [2.05, 4.69) is 37.5 Å². The predicted molar refractivity (Wildman–Crippen MR) is 104 cm³/mol. The fraction of sp³-hybridized carbons (Fsp3) is 0.389. The molecule has 135 valence electrons. The van der Waals surface area contributed by atoms with E-state index in [0.29, 0.717) is 18.2 Å². The van der Waals surface area contributed by atoms with Gasteiger partial charge in [-0.05, 0) is 51.2 Å². The number of aromatic nitrogens is 4. The number of thiazole rings is 1. The molecule has 7 nitrogen and oxygen atoms in total. The van der Waals surface area contributed by atoms with E-state index in [-0.39, 0.29) is 12.1 Å². The zero-order chi connectivity index (χ0) is 17.9. The first-order valence-electron chi connectivity index (χ1n) is 8.80. The molecule has 1 aliphatic rings. The van der Waals surface area contributed by atoms with Crippen molar-refractivity contribution in [3.63, 3.8) is 0 Å². The van der Waals surface area contributed by atoms with E-state index in [4.69, 9.17) is 0 Å². The van der Waals surface area contributed by atoms with Gasteiger partial charge in [-0.15, -0.1) is 0 Å². The molecule has 4 rings (SSSR count). The number of pyridine rings is 1. The summed E-state index contributed by atoms with van der Waals surface area (Å²) in [7, 11) is 0. The van der Waals surface area contributed by atoms with E-state index in [1.807, 2.05) is 18.2 Å². The molecule has 0 spiro atoms. The van der Waals surface area contributed by atoms with Crippen LogP contribution in [-0.4, -0.2) is 37.2 Å². The second kappa shape index (κ2) is 7.51. The highest BCUT2D eigenvalue weighted by Gasteiger charge is 2.20. The minimum absolute atomic E-state index is 0.176. The summed E-state index contributed by atoms with van der Waals surface area (Å²) in [5.41, 5.74) is 1.73. The van der Waals surface area contributed by atoms with Gasteiger partial charge in [0, 0.05) is 24.0 Å². The predicted octanol–water partition coefficient (Wildman–Crippen LogP) is 3.32. The molecule has 8 heteroatoms. The summed E-state index contributed by atoms with van der Waals surface area (Å²) in [5, 5.41) is 17.1. The van der Waals surface area contributed by atoms with E-state index in [1.165, 1.54) is 11.3 Å². The zero-order valence-electron chi connectivity index (χ0n) is 14.4. The van der Waals surface area contributed by atoms with Crippen LogP contribution in [0.5, 0.6) is 0 Å². The molecule has 0 aromatic carbocycles. The maximum absolute atomic E-state index is 9.66. The molecule has 0 atom stereocenters. The van der Waals surface area contributed by atoms with Crippen LogP contribution >= 0.6 is 11.3 Å². The van der Waals surface area contributed by atoms with Gasteiger partial charge < -0.3 is 15.7 Å². The minimum atomic E-state index is -0.176. The van der Waals surface area contributed by atoms with Gasteiger partial charge in [-0.3, -0.25) is 0 Å². The first-order valence-corrected chi connectivity index (χ1v) is 9.61. The minimum Gasteiger partial charge on any atom is -0.393 e. The number of hydrogen-bond donors (Lipinski definition) is 3. The highest BCUT2D eigenvalue weighted by molar-refractivity contribution is 7.21. The normalized spacial score (nSPS) is 20.2. The molecular weight excluding hydrogens is 348 g/mol. The third-order valence-electron chi connectivity index (χ3n) is 4.47. The Morgan fingerprint density at radius 1 is 1.19 bits per heavy atom. The van der Waals surface area contributed by atoms with Crippen LogP contribution in [0.1, 0.15) is 31.4 Å². The molecule has 0 bridgehead atoms. The van der Waals surface area contributed by atoms with Gasteiger partial charge >= 0.3 is 0 Å². The maximum atomic E-state index is 9.66. The molecule has 1 fully saturated rings. The quantitative estimate of drug-likeness (QED) is 0.635. The van der Waals surface area contributed by atoms with Crippen LogP contribution in [0.4, 0.5) is 16.9 Å². The number of fused-ring (bicyclic) bond motifs is 1. The van der Waals surface area contributed by atoms with Crippen molar-refractivity contribution in [3.05, 3.63) is 37.0 Å². The smallest absolute Gasteiger partial charge is 0.225 e. The van der Waals surface area contributed by atoms with E-state index in [9.17, 15) is 5.11 Å². The van der Waals surface area contributed by atoms with Gasteiger partial charge in [-0.1, -0.05) is 11.3 Å². The number of anilines is 3. The highest BCUT2D eigenvalue weighted by atomic mass is 32.1. The van der Waals surface area contributed by atoms with Crippen molar-refractivity contribution < 1.29 is 5.11 Å². The molecule has 1 radical (unpaired) electrons. The van der Waals surface area contributed by atoms with E-state index >= 15 is 0 Å². The van der Waals surface area contributed by atoms with Crippen LogP contribution in [0, 0.1) is 6.92 Å². The lowest BCUT2D eigenvalue weighted by molar-refractivity contribution is 0.126. The van der Waals surface area contributed by atoms with Crippen molar-refractivity contribution in [3.8, 4) is 0 Å². The number of aliphatic hydroxyl groups is 1. The molecule has 26 heavy (non-hydrogen) atoms. The van der Waals surface area contributed by atoms with Gasteiger partial charge in [0.1, 0.15) is 16.2 Å². The number of aliphatic hydroxyl groups excluding tert-OH is 1. The Hall–Kier alpha value is -2.32. The standard InChI is InChI=1S/C18H21N6OS/c1-2-11-10-15(24-18-22-14-4-3-9-19-16(14)26-18)23-17(20-11)21-12-5-7-13(25)8-6-12/h3-4,9-10,12-13,25H,1-2,5-8H2,(H2,20,21,22,23,24)/t12-,13-. The van der Waals surface area contributed by atoms with Gasteiger partial charge in [0.05, 0.1) is 6.10 Å². The first-order chi connectivity index (χ1) is 12.7. The Morgan fingerprint density at radius 2 is 2.04 bits per heavy atom. The maximum Gasteiger partial charge on any atom is 0.225 e. The van der Waals surface area contributed by atoms with Crippen molar-refractivity contribution in [2.24, 2.45) is 0 Å². The third kappa shape index (κ3) is 3.91. The summed E-state index contributed by atoms with van der Waals surface area (Å²) in [5.74, 6) is 1.28. The largest absolute Gasteiger partial charge is 0.393 e. The van der Waals surface area contributed by atoms with Gasteiger partial charge in [0.25, 0.3) is 0 Å². The van der Waals surface area contributed by atoms with Gasteiger partial charge in [-0.2, -0.15) is 4.98 Å². The van der Waals surface area contributed by atoms with Crippen LogP contribution in [0.2, 0.25) is 0 Å². The number of nitrogens with one attached hydrogen (secondary N) is 2. The van der Waals surface area contributed by atoms with Crippen LogP contribution in [-0.2, 0) is 6.42 Å². The lowest BCUT2D eigenvalue weighted by atomic mass is 9.93. The molecule has 3 heterocycles. The molecule has 1 aliphatic carbocycles. The van der Waals surface area contributed by atoms with Crippen LogP contribution < -0.4 is 10.6 Å². The number of rotatable bonds is 5. The van der Waals surface area contributed by atoms with Crippen molar-refractivity contribution in [2.75, 3.05) is 10.6 Å². The Labute approximate surface area is 155 Å². The van der Waals surface area contributed by atoms with E-state index < -0.39 is 0 Å². The second-order valence-corrected chi connectivity index (χ2v) is 7.42. The first kappa shape index (κ1) is 17.1. The Bertz CT molecular complexity index is 857. The Morgan fingerprint density at radius 3 is 2.81 bits per heavy atom. The molecule has 3 aromatic rings. The highest BCUT2D eigenvalue weighted by Crippen LogP contribution is 2.27. The van der Waals surface area contributed by atoms with E-state index in [0.717, 1.165) is 46.9 Å². The monoisotopic (exact) mass is 369 g/mol. The topological polar surface area (TPSA) is 95.9 Å². The van der Waals surface area contributed by atoms with Crippen molar-refractivity contribution in [2.45, 2.75) is 44.2 Å². The lowest BCUT2D eigenvalue weighted by Crippen LogP contribution is -2.29. The molecule has 0 saturated heterocycles. The molecule has 3 N–H and O–H groups in total. The summed E-state index contributed by atoms with van der Waals surface area (Å²) in [6, 6.07) is 6.00. The van der Waals surface area contributed by atoms with Gasteiger partial charge in [0.15, 0.2) is 5.13 Å². The molecule has 1 saturated carbocycles. The summed E-state index contributed by atoms with van der Waals surface area (Å²) < 4.78 is 0. The van der Waals surface area contributed by atoms with Crippen molar-refractivity contribution in [1.82, 2.24) is 19.9 Å². The fourth-order valence-corrected chi connectivity index (χ4v) is 3.90. The zero-order valence-corrected chi connectivity index (χ0v) is 15.2. The number of hydrogen-bond acceptors (Lipinski definition) is 8.